The first-order chi connectivity index (χ1) is 16.7. The Bertz CT molecular complexity index is 1260. The van der Waals surface area contributed by atoms with E-state index in [-0.39, 0.29) is 16.6 Å². The van der Waals surface area contributed by atoms with Gasteiger partial charge in [0, 0.05) is 6.07 Å². The molecule has 9 heteroatoms. The number of hydrogen-bond acceptors (Lipinski definition) is 6. The van der Waals surface area contributed by atoms with Crippen LogP contribution in [0.1, 0.15) is 24.1 Å². The number of ether oxygens (including phenoxy) is 3. The summed E-state index contributed by atoms with van der Waals surface area (Å²) in [5, 5.41) is 2.88. The summed E-state index contributed by atoms with van der Waals surface area (Å²) < 4.78 is 44.1. The van der Waals surface area contributed by atoms with Crippen LogP contribution in [0.5, 0.6) is 17.2 Å². The Morgan fingerprint density at radius 2 is 1.51 bits per heavy atom. The number of sulfonamides is 1. The highest BCUT2D eigenvalue weighted by molar-refractivity contribution is 7.92. The van der Waals surface area contributed by atoms with E-state index in [2.05, 4.69) is 5.32 Å². The zero-order chi connectivity index (χ0) is 25.6. The van der Waals surface area contributed by atoms with Crippen molar-refractivity contribution in [1.29, 1.82) is 0 Å². The molecule has 3 aromatic rings. The summed E-state index contributed by atoms with van der Waals surface area (Å²) >= 11 is 0. The van der Waals surface area contributed by atoms with Gasteiger partial charge in [0.2, 0.25) is 5.91 Å². The molecule has 0 spiro atoms. The van der Waals surface area contributed by atoms with Crippen molar-refractivity contribution < 1.29 is 27.4 Å². The lowest BCUT2D eigenvalue weighted by Crippen LogP contribution is -2.41. The van der Waals surface area contributed by atoms with Crippen LogP contribution >= 0.6 is 0 Å². The van der Waals surface area contributed by atoms with Crippen molar-refractivity contribution in [1.82, 2.24) is 5.32 Å². The van der Waals surface area contributed by atoms with E-state index in [1.807, 2.05) is 26.0 Å². The molecule has 1 amide bonds. The number of amides is 1. The molecule has 35 heavy (non-hydrogen) atoms. The van der Waals surface area contributed by atoms with Crippen molar-refractivity contribution in [3.63, 3.8) is 0 Å². The number of nitrogens with one attached hydrogen (secondary N) is 1. The summed E-state index contributed by atoms with van der Waals surface area (Å²) in [6.45, 7) is 3.28. The van der Waals surface area contributed by atoms with Crippen molar-refractivity contribution in [3.8, 4) is 17.2 Å². The number of anilines is 1. The van der Waals surface area contributed by atoms with Gasteiger partial charge in [0.1, 0.15) is 12.3 Å². The molecule has 0 aliphatic heterocycles. The van der Waals surface area contributed by atoms with Gasteiger partial charge >= 0.3 is 0 Å². The maximum atomic E-state index is 13.6. The molecular weight excluding hydrogens is 468 g/mol. The second-order valence-electron chi connectivity index (χ2n) is 7.93. The Hall–Kier alpha value is -3.72. The molecule has 0 saturated heterocycles. The first kappa shape index (κ1) is 25.9. The highest BCUT2D eigenvalue weighted by Crippen LogP contribution is 2.34. The Morgan fingerprint density at radius 3 is 2.09 bits per heavy atom. The third-order valence-electron chi connectivity index (χ3n) is 5.54. The molecule has 0 aliphatic rings. The Kier molecular flexibility index (Phi) is 8.24. The number of rotatable bonds is 10. The Labute approximate surface area is 206 Å². The summed E-state index contributed by atoms with van der Waals surface area (Å²) in [7, 11) is 0.475. The van der Waals surface area contributed by atoms with Crippen LogP contribution < -0.4 is 23.8 Å². The van der Waals surface area contributed by atoms with E-state index in [0.29, 0.717) is 17.2 Å². The van der Waals surface area contributed by atoms with E-state index in [0.717, 1.165) is 15.4 Å². The predicted molar refractivity (Wildman–Crippen MR) is 135 cm³/mol. The molecule has 0 radical (unpaired) electrons. The van der Waals surface area contributed by atoms with Crippen molar-refractivity contribution in [2.24, 2.45) is 0 Å². The molecule has 0 saturated carbocycles. The van der Waals surface area contributed by atoms with Crippen molar-refractivity contribution in [2.75, 3.05) is 32.2 Å². The topological polar surface area (TPSA) is 94.2 Å². The predicted octanol–water partition coefficient (Wildman–Crippen LogP) is 4.09. The molecule has 3 rings (SSSR count). The average Bonchev–Trinajstić information content (AvgIpc) is 2.87. The molecule has 0 fully saturated rings. The van der Waals surface area contributed by atoms with E-state index in [9.17, 15) is 13.2 Å². The zero-order valence-corrected chi connectivity index (χ0v) is 21.3. The van der Waals surface area contributed by atoms with Crippen molar-refractivity contribution in [3.05, 3.63) is 77.9 Å². The molecule has 186 valence electrons. The van der Waals surface area contributed by atoms with Crippen LogP contribution in [-0.2, 0) is 14.8 Å². The van der Waals surface area contributed by atoms with Gasteiger partial charge in [-0.15, -0.1) is 0 Å². The lowest BCUT2D eigenvalue weighted by molar-refractivity contribution is -0.120. The molecule has 0 heterocycles. The molecule has 3 aromatic carbocycles. The van der Waals surface area contributed by atoms with Crippen molar-refractivity contribution in [2.45, 2.75) is 24.8 Å². The molecular formula is C26H30N2O6S. The number of methoxy groups -OCH3 is 3. The van der Waals surface area contributed by atoms with E-state index in [4.69, 9.17) is 14.2 Å². The van der Waals surface area contributed by atoms with Crippen LogP contribution in [0.3, 0.4) is 0 Å². The van der Waals surface area contributed by atoms with Gasteiger partial charge < -0.3 is 19.5 Å². The molecule has 0 aromatic heterocycles. The number of benzene rings is 3. The third kappa shape index (κ3) is 6.05. The fraction of sp³-hybridized carbons (Fsp3) is 0.269. The second kappa shape index (κ2) is 11.1. The number of hydrogen-bond donors (Lipinski definition) is 1. The smallest absolute Gasteiger partial charge is 0.264 e. The average molecular weight is 499 g/mol. The lowest BCUT2D eigenvalue weighted by Gasteiger charge is -2.26. The summed E-state index contributed by atoms with van der Waals surface area (Å²) in [6.07, 6.45) is 0. The molecule has 0 unspecified atom stereocenters. The minimum Gasteiger partial charge on any atom is -0.497 e. The lowest BCUT2D eigenvalue weighted by atomic mass is 10.1. The quantitative estimate of drug-likeness (QED) is 0.452. The van der Waals surface area contributed by atoms with E-state index < -0.39 is 22.5 Å². The van der Waals surface area contributed by atoms with Crippen LogP contribution in [0.2, 0.25) is 0 Å². The zero-order valence-electron chi connectivity index (χ0n) is 20.4. The monoisotopic (exact) mass is 498 g/mol. The Balaban J connectivity index is 1.93. The molecule has 1 N–H and O–H groups in total. The highest BCUT2D eigenvalue weighted by Gasteiger charge is 2.28. The largest absolute Gasteiger partial charge is 0.497 e. The van der Waals surface area contributed by atoms with Crippen molar-refractivity contribution >= 4 is 21.6 Å². The number of carbonyl (C=O) groups is 1. The molecule has 0 bridgehead atoms. The van der Waals surface area contributed by atoms with Crippen LogP contribution in [0.4, 0.5) is 5.69 Å². The maximum Gasteiger partial charge on any atom is 0.264 e. The van der Waals surface area contributed by atoms with Gasteiger partial charge in [-0.25, -0.2) is 8.42 Å². The first-order valence-corrected chi connectivity index (χ1v) is 12.4. The van der Waals surface area contributed by atoms with Crippen LogP contribution in [-0.4, -0.2) is 42.2 Å². The van der Waals surface area contributed by atoms with Gasteiger partial charge in [-0.05, 0) is 55.8 Å². The molecule has 8 nitrogen and oxygen atoms in total. The number of nitrogens with zero attached hydrogens (tertiary/aromatic N) is 1. The summed E-state index contributed by atoms with van der Waals surface area (Å²) in [4.78, 5) is 13.1. The number of carbonyl (C=O) groups excluding carboxylic acids is 1. The van der Waals surface area contributed by atoms with Gasteiger partial charge in [0.15, 0.2) is 11.5 Å². The van der Waals surface area contributed by atoms with Gasteiger partial charge in [-0.2, -0.15) is 0 Å². The molecule has 1 atom stereocenters. The van der Waals surface area contributed by atoms with Gasteiger partial charge in [0.05, 0.1) is 38.0 Å². The van der Waals surface area contributed by atoms with E-state index in [1.54, 1.807) is 43.5 Å². The van der Waals surface area contributed by atoms with Gasteiger partial charge in [0.25, 0.3) is 10.0 Å². The fourth-order valence-corrected chi connectivity index (χ4v) is 4.94. The van der Waals surface area contributed by atoms with Crippen LogP contribution in [0.15, 0.2) is 71.6 Å². The summed E-state index contributed by atoms with van der Waals surface area (Å²) in [5.74, 6) is 1.04. The third-order valence-corrected chi connectivity index (χ3v) is 7.33. The van der Waals surface area contributed by atoms with Crippen LogP contribution in [0.25, 0.3) is 0 Å². The van der Waals surface area contributed by atoms with Gasteiger partial charge in [-0.3, -0.25) is 9.10 Å². The minimum absolute atomic E-state index is 0.0777. The summed E-state index contributed by atoms with van der Waals surface area (Å²) in [6, 6.07) is 18.1. The highest BCUT2D eigenvalue weighted by atomic mass is 32.2. The minimum atomic E-state index is -4.06. The first-order valence-electron chi connectivity index (χ1n) is 10.9. The second-order valence-corrected chi connectivity index (χ2v) is 9.79. The maximum absolute atomic E-state index is 13.6. The molecule has 0 aliphatic carbocycles. The van der Waals surface area contributed by atoms with Gasteiger partial charge in [-0.1, -0.05) is 29.8 Å². The van der Waals surface area contributed by atoms with Crippen LogP contribution in [0, 0.1) is 6.92 Å². The standard InChI is InChI=1S/C26H30N2O6S/c1-18-6-13-23(14-7-18)35(30,31)28(21-10-15-24(33-4)25(16-21)34-5)17-26(29)27-19(2)20-8-11-22(32-3)12-9-20/h6-16,19H,17H2,1-5H3,(H,27,29)/t19-/m0/s1. The normalized spacial score (nSPS) is 11.9. The Morgan fingerprint density at radius 1 is 0.886 bits per heavy atom. The summed E-state index contributed by atoms with van der Waals surface area (Å²) in [5.41, 5.74) is 2.06. The van der Waals surface area contributed by atoms with E-state index in [1.165, 1.54) is 32.4 Å². The SMILES string of the molecule is COc1ccc([C@H](C)NC(=O)CN(c2ccc(OC)c(OC)c2)S(=O)(=O)c2ccc(C)cc2)cc1. The van der Waals surface area contributed by atoms with E-state index >= 15 is 0 Å². The fourth-order valence-electron chi connectivity index (χ4n) is 3.53. The number of aryl methyl sites for hydroxylation is 1.